The Morgan fingerprint density at radius 1 is 0.951 bits per heavy atom. The van der Waals surface area contributed by atoms with Crippen LogP contribution >= 0.6 is 0 Å². The molecule has 8 atom stereocenters. The number of pyridine rings is 1. The summed E-state index contributed by atoms with van der Waals surface area (Å²) >= 11 is 0. The van der Waals surface area contributed by atoms with Crippen LogP contribution in [0.15, 0.2) is 29.6 Å². The van der Waals surface area contributed by atoms with Crippen molar-refractivity contribution in [2.24, 2.45) is 45.3 Å². The molecule has 224 valence electrons. The molecule has 0 saturated heterocycles. The summed E-state index contributed by atoms with van der Waals surface area (Å²) in [5.41, 5.74) is 3.56. The molecule has 5 heteroatoms. The summed E-state index contributed by atoms with van der Waals surface area (Å²) in [5, 5.41) is 14.5. The second-order valence-electron chi connectivity index (χ2n) is 16.4. The highest BCUT2D eigenvalue weighted by atomic mass is 16.3. The molecule has 5 aliphatic rings. The van der Waals surface area contributed by atoms with Gasteiger partial charge < -0.3 is 10.4 Å². The molecule has 6 rings (SSSR count). The molecule has 41 heavy (non-hydrogen) atoms. The maximum Gasteiger partial charge on any atom is 0.253 e. The van der Waals surface area contributed by atoms with Crippen molar-refractivity contribution < 1.29 is 14.7 Å². The van der Waals surface area contributed by atoms with E-state index >= 15 is 0 Å². The average Bonchev–Trinajstić information content (AvgIpc) is 3.19. The fourth-order valence-electron chi connectivity index (χ4n) is 11.7. The zero-order valence-electron chi connectivity index (χ0n) is 26.7. The van der Waals surface area contributed by atoms with Gasteiger partial charge in [0.1, 0.15) is 0 Å². The predicted molar refractivity (Wildman–Crippen MR) is 162 cm³/mol. The molecule has 0 bridgehead atoms. The van der Waals surface area contributed by atoms with E-state index < -0.39 is 5.54 Å². The summed E-state index contributed by atoms with van der Waals surface area (Å²) in [5.74, 6) is 1.67. The quantitative estimate of drug-likeness (QED) is 0.409. The normalized spacial score (nSPS) is 43.2. The van der Waals surface area contributed by atoms with Crippen LogP contribution < -0.4 is 5.32 Å². The van der Waals surface area contributed by atoms with Crippen molar-refractivity contribution in [2.75, 3.05) is 0 Å². The van der Waals surface area contributed by atoms with Gasteiger partial charge in [0.05, 0.1) is 17.2 Å². The Balaban J connectivity index is 1.41. The van der Waals surface area contributed by atoms with Crippen LogP contribution in [0.1, 0.15) is 122 Å². The first-order valence-corrected chi connectivity index (χ1v) is 16.3. The largest absolute Gasteiger partial charge is 0.393 e. The van der Waals surface area contributed by atoms with Crippen molar-refractivity contribution in [1.29, 1.82) is 0 Å². The van der Waals surface area contributed by atoms with Crippen LogP contribution in [0.25, 0.3) is 0 Å². The summed E-state index contributed by atoms with van der Waals surface area (Å²) < 4.78 is 0. The van der Waals surface area contributed by atoms with Crippen molar-refractivity contribution in [2.45, 2.75) is 125 Å². The molecule has 1 heterocycles. The molecule has 2 N–H and O–H groups in total. The lowest BCUT2D eigenvalue weighted by molar-refractivity contribution is -0.226. The van der Waals surface area contributed by atoms with Crippen LogP contribution in [0.4, 0.5) is 0 Å². The van der Waals surface area contributed by atoms with E-state index in [4.69, 9.17) is 0 Å². The van der Waals surface area contributed by atoms with Gasteiger partial charge in [0.2, 0.25) is 0 Å². The topological polar surface area (TPSA) is 79.3 Å². The Bertz CT molecular complexity index is 1310. The van der Waals surface area contributed by atoms with Gasteiger partial charge >= 0.3 is 0 Å². The minimum absolute atomic E-state index is 0.0588. The summed E-state index contributed by atoms with van der Waals surface area (Å²) in [6.45, 7) is 18.6. The summed E-state index contributed by atoms with van der Waals surface area (Å²) in [7, 11) is 0. The third-order valence-corrected chi connectivity index (χ3v) is 13.9. The van der Waals surface area contributed by atoms with Crippen LogP contribution in [0.3, 0.4) is 0 Å². The third-order valence-electron chi connectivity index (χ3n) is 13.9. The van der Waals surface area contributed by atoms with Gasteiger partial charge in [0, 0.05) is 18.8 Å². The Morgan fingerprint density at radius 3 is 2.37 bits per heavy atom. The second-order valence-corrected chi connectivity index (χ2v) is 16.4. The number of aryl methyl sites for hydroxylation is 1. The first-order chi connectivity index (χ1) is 19.1. The van der Waals surface area contributed by atoms with Crippen LogP contribution in [0.5, 0.6) is 0 Å². The number of aliphatic hydroxyl groups excluding tert-OH is 1. The SMILES string of the molecule is Cc1cncc(C(=O)N[C@@]23CC[C@]4(C)[C@H](CC[C@@H]5[C@@]6(C)CC[C@H](O)C(C)(C)[C@@H]6CC[C@]54C)C2=C(C(C)C)C(=O)C3)c1. The molecule has 1 aromatic rings. The van der Waals surface area contributed by atoms with E-state index in [1.807, 2.05) is 13.0 Å². The average molecular weight is 561 g/mol. The highest BCUT2D eigenvalue weighted by molar-refractivity contribution is 6.03. The molecule has 0 spiro atoms. The van der Waals surface area contributed by atoms with Gasteiger partial charge in [-0.3, -0.25) is 14.6 Å². The molecular weight excluding hydrogens is 508 g/mol. The molecule has 1 aromatic heterocycles. The monoisotopic (exact) mass is 560 g/mol. The summed E-state index contributed by atoms with van der Waals surface area (Å²) in [4.78, 5) is 31.8. The number of carbonyl (C=O) groups excluding carboxylic acids is 2. The lowest BCUT2D eigenvalue weighted by Gasteiger charge is -2.72. The predicted octanol–water partition coefficient (Wildman–Crippen LogP) is 7.21. The van der Waals surface area contributed by atoms with Gasteiger partial charge in [-0.05, 0) is 126 Å². The van der Waals surface area contributed by atoms with Gasteiger partial charge in [0.15, 0.2) is 5.78 Å². The number of Topliss-reactive ketones (excluding diaryl/α,β-unsaturated/α-hetero) is 1. The molecule has 4 saturated carbocycles. The number of aromatic nitrogens is 1. The van der Waals surface area contributed by atoms with E-state index in [0.717, 1.165) is 56.1 Å². The van der Waals surface area contributed by atoms with E-state index in [1.165, 1.54) is 12.0 Å². The van der Waals surface area contributed by atoms with Crippen LogP contribution in [-0.4, -0.2) is 33.4 Å². The molecule has 5 nitrogen and oxygen atoms in total. The van der Waals surface area contributed by atoms with Gasteiger partial charge in [-0.2, -0.15) is 0 Å². The lowest BCUT2D eigenvalue weighted by atomic mass is 9.33. The van der Waals surface area contributed by atoms with Gasteiger partial charge in [-0.1, -0.05) is 48.5 Å². The number of rotatable bonds is 3. The number of ketones is 1. The first kappa shape index (κ1) is 29.1. The second kappa shape index (κ2) is 9.24. The van der Waals surface area contributed by atoms with Crippen molar-refractivity contribution in [3.05, 3.63) is 40.7 Å². The number of allylic oxidation sites excluding steroid dienone is 1. The fourth-order valence-corrected chi connectivity index (χ4v) is 11.7. The standard InChI is InChI=1S/C36H52N2O3/c1-21(2)29-25(39)18-36(38-31(41)23-17-22(3)19-37-20-23)16-15-34(7)24(30(29)36)9-10-27-33(6)13-12-28(40)32(4,5)26(33)11-14-35(27,34)8/h17,19-21,24,26-28,40H,9-16,18H2,1-8H3,(H,38,41)/t24-,26+,27-,28+,33+,34-,35-,36-/m1/s1. The van der Waals surface area contributed by atoms with E-state index in [-0.39, 0.29) is 45.4 Å². The molecule has 5 aliphatic carbocycles. The number of nitrogens with zero attached hydrogens (tertiary/aromatic N) is 1. The van der Waals surface area contributed by atoms with E-state index in [1.54, 1.807) is 12.4 Å². The Kier molecular flexibility index (Phi) is 6.56. The highest BCUT2D eigenvalue weighted by Gasteiger charge is 2.70. The molecule has 0 aromatic carbocycles. The Hall–Kier alpha value is -2.01. The zero-order valence-corrected chi connectivity index (χ0v) is 26.7. The summed E-state index contributed by atoms with van der Waals surface area (Å²) in [6.07, 6.45) is 12.0. The molecule has 0 unspecified atom stereocenters. The van der Waals surface area contributed by atoms with Crippen molar-refractivity contribution in [3.8, 4) is 0 Å². The third kappa shape index (κ3) is 3.85. The van der Waals surface area contributed by atoms with Gasteiger partial charge in [-0.15, -0.1) is 0 Å². The Morgan fingerprint density at radius 2 is 1.68 bits per heavy atom. The molecular formula is C36H52N2O3. The molecule has 1 amide bonds. The number of hydrogen-bond acceptors (Lipinski definition) is 4. The van der Waals surface area contributed by atoms with Crippen LogP contribution in [0.2, 0.25) is 0 Å². The van der Waals surface area contributed by atoms with Crippen molar-refractivity contribution in [1.82, 2.24) is 10.3 Å². The van der Waals surface area contributed by atoms with Gasteiger partial charge in [0.25, 0.3) is 5.91 Å². The smallest absolute Gasteiger partial charge is 0.253 e. The molecule has 0 radical (unpaired) electrons. The van der Waals surface area contributed by atoms with Crippen LogP contribution in [-0.2, 0) is 4.79 Å². The maximum absolute atomic E-state index is 13.8. The Labute approximate surface area is 247 Å². The fraction of sp³-hybridized carbons (Fsp3) is 0.750. The van der Waals surface area contributed by atoms with Crippen LogP contribution in [0, 0.1) is 52.3 Å². The number of hydrogen-bond donors (Lipinski definition) is 2. The highest BCUT2D eigenvalue weighted by Crippen LogP contribution is 2.75. The molecule has 0 aliphatic heterocycles. The number of fused-ring (bicyclic) bond motifs is 7. The number of aliphatic hydroxyl groups is 1. The number of carbonyl (C=O) groups is 2. The first-order valence-electron chi connectivity index (χ1n) is 16.3. The number of nitrogens with one attached hydrogen (secondary N) is 1. The molecule has 4 fully saturated rings. The minimum atomic E-state index is -0.594. The zero-order chi connectivity index (χ0) is 29.8. The maximum atomic E-state index is 13.8. The van der Waals surface area contributed by atoms with E-state index in [9.17, 15) is 14.7 Å². The van der Waals surface area contributed by atoms with Crippen molar-refractivity contribution in [3.63, 3.8) is 0 Å². The number of amides is 1. The summed E-state index contributed by atoms with van der Waals surface area (Å²) in [6, 6.07) is 1.89. The van der Waals surface area contributed by atoms with E-state index in [0.29, 0.717) is 29.7 Å². The lowest BCUT2D eigenvalue weighted by Crippen LogP contribution is -2.67. The van der Waals surface area contributed by atoms with Gasteiger partial charge in [-0.25, -0.2) is 0 Å². The van der Waals surface area contributed by atoms with E-state index in [2.05, 4.69) is 58.8 Å². The minimum Gasteiger partial charge on any atom is -0.393 e. The van der Waals surface area contributed by atoms with Crippen molar-refractivity contribution >= 4 is 11.7 Å².